The molecule has 0 aromatic rings. The van der Waals surface area contributed by atoms with Crippen molar-refractivity contribution >= 4 is 6.29 Å². The van der Waals surface area contributed by atoms with Crippen molar-refractivity contribution in [3.8, 4) is 0 Å². The average molecular weight is 136 g/mol. The van der Waals surface area contributed by atoms with E-state index >= 15 is 0 Å². The monoisotopic (exact) mass is 136 g/mol. The topological polar surface area (TPSA) is 17.1 Å². The third-order valence-corrected chi connectivity index (χ3v) is 2.01. The first-order valence-corrected chi connectivity index (χ1v) is 3.59. The molecule has 0 saturated heterocycles. The highest BCUT2D eigenvalue weighted by Crippen LogP contribution is 2.20. The Balaban J connectivity index is 2.75. The van der Waals surface area contributed by atoms with Gasteiger partial charge < -0.3 is 0 Å². The molecule has 0 heterocycles. The van der Waals surface area contributed by atoms with E-state index in [2.05, 4.69) is 19.9 Å². The number of hydrogen-bond donors (Lipinski definition) is 0. The minimum atomic E-state index is 0.505. The van der Waals surface area contributed by atoms with E-state index in [1.54, 1.807) is 0 Å². The van der Waals surface area contributed by atoms with Gasteiger partial charge in [0, 0.05) is 5.57 Å². The molecule has 1 nitrogen and oxygen atoms in total. The highest BCUT2D eigenvalue weighted by atomic mass is 16.1. The fourth-order valence-corrected chi connectivity index (χ4v) is 1.03. The highest BCUT2D eigenvalue weighted by molar-refractivity contribution is 5.77. The van der Waals surface area contributed by atoms with E-state index in [-0.39, 0.29) is 0 Å². The van der Waals surface area contributed by atoms with Crippen LogP contribution in [0.2, 0.25) is 0 Å². The second kappa shape index (κ2) is 2.82. The van der Waals surface area contributed by atoms with Gasteiger partial charge in [-0.25, -0.2) is 0 Å². The molecule has 0 aromatic heterocycles. The van der Waals surface area contributed by atoms with Crippen LogP contribution in [-0.2, 0) is 4.79 Å². The molecule has 2 atom stereocenters. The van der Waals surface area contributed by atoms with Gasteiger partial charge in [-0.2, -0.15) is 0 Å². The van der Waals surface area contributed by atoms with Crippen LogP contribution in [0.3, 0.4) is 0 Å². The smallest absolute Gasteiger partial charge is 0.149 e. The van der Waals surface area contributed by atoms with E-state index < -0.39 is 0 Å². The summed E-state index contributed by atoms with van der Waals surface area (Å²) in [6, 6.07) is 0. The van der Waals surface area contributed by atoms with Gasteiger partial charge in [0.15, 0.2) is 0 Å². The number of aldehydes is 1. The lowest BCUT2D eigenvalue weighted by Crippen LogP contribution is -2.06. The van der Waals surface area contributed by atoms with Crippen molar-refractivity contribution in [3.05, 3.63) is 23.8 Å². The lowest BCUT2D eigenvalue weighted by atomic mass is 9.89. The lowest BCUT2D eigenvalue weighted by molar-refractivity contribution is -0.104. The maximum Gasteiger partial charge on any atom is 0.149 e. The summed E-state index contributed by atoms with van der Waals surface area (Å²) in [7, 11) is 0. The van der Waals surface area contributed by atoms with E-state index in [1.807, 2.05) is 12.2 Å². The number of allylic oxidation sites excluding steroid dienone is 4. The van der Waals surface area contributed by atoms with E-state index in [1.165, 1.54) is 0 Å². The molecule has 54 valence electrons. The summed E-state index contributed by atoms with van der Waals surface area (Å²) >= 11 is 0. The fraction of sp³-hybridized carbons (Fsp3) is 0.444. The second-order valence-corrected chi connectivity index (χ2v) is 2.86. The van der Waals surface area contributed by atoms with Crippen LogP contribution in [-0.4, -0.2) is 6.29 Å². The van der Waals surface area contributed by atoms with Crippen LogP contribution in [0.25, 0.3) is 0 Å². The first-order chi connectivity index (χ1) is 4.74. The van der Waals surface area contributed by atoms with Gasteiger partial charge in [-0.1, -0.05) is 32.1 Å². The first kappa shape index (κ1) is 7.26. The number of rotatable bonds is 1. The van der Waals surface area contributed by atoms with Crippen molar-refractivity contribution in [2.45, 2.75) is 13.8 Å². The van der Waals surface area contributed by atoms with E-state index in [0.717, 1.165) is 11.9 Å². The molecule has 0 radical (unpaired) electrons. The van der Waals surface area contributed by atoms with Crippen molar-refractivity contribution in [2.75, 3.05) is 0 Å². The molecule has 0 spiro atoms. The molecule has 10 heavy (non-hydrogen) atoms. The molecular weight excluding hydrogens is 124 g/mol. The summed E-state index contributed by atoms with van der Waals surface area (Å²) in [5.74, 6) is 1.08. The summed E-state index contributed by atoms with van der Waals surface area (Å²) in [5, 5.41) is 0. The average Bonchev–Trinajstić information content (AvgIpc) is 1.95. The Morgan fingerprint density at radius 3 is 2.60 bits per heavy atom. The van der Waals surface area contributed by atoms with E-state index in [9.17, 15) is 4.79 Å². The molecule has 1 rings (SSSR count). The zero-order chi connectivity index (χ0) is 7.56. The summed E-state index contributed by atoms with van der Waals surface area (Å²) in [4.78, 5) is 10.3. The van der Waals surface area contributed by atoms with Gasteiger partial charge in [0.2, 0.25) is 0 Å². The highest BCUT2D eigenvalue weighted by Gasteiger charge is 2.10. The Morgan fingerprint density at radius 2 is 2.10 bits per heavy atom. The van der Waals surface area contributed by atoms with Crippen LogP contribution in [0.5, 0.6) is 0 Å². The largest absolute Gasteiger partial charge is 0.298 e. The predicted molar refractivity (Wildman–Crippen MR) is 41.6 cm³/mol. The van der Waals surface area contributed by atoms with Crippen molar-refractivity contribution in [2.24, 2.45) is 11.8 Å². The predicted octanol–water partition coefficient (Wildman–Crippen LogP) is 1.95. The van der Waals surface area contributed by atoms with Crippen molar-refractivity contribution in [3.63, 3.8) is 0 Å². The molecule has 0 fully saturated rings. The van der Waals surface area contributed by atoms with Crippen LogP contribution < -0.4 is 0 Å². The minimum absolute atomic E-state index is 0.505. The number of carbonyl (C=O) groups excluding carboxylic acids is 1. The molecule has 0 bridgehead atoms. The maximum atomic E-state index is 10.3. The first-order valence-electron chi connectivity index (χ1n) is 3.59. The van der Waals surface area contributed by atoms with Gasteiger partial charge in [0.25, 0.3) is 0 Å². The van der Waals surface area contributed by atoms with E-state index in [4.69, 9.17) is 0 Å². The molecule has 0 aromatic carbocycles. The summed E-state index contributed by atoms with van der Waals surface area (Å²) in [6.07, 6.45) is 6.88. The third kappa shape index (κ3) is 1.35. The zero-order valence-electron chi connectivity index (χ0n) is 6.37. The Morgan fingerprint density at radius 1 is 1.40 bits per heavy atom. The Labute approximate surface area is 61.4 Å². The second-order valence-electron chi connectivity index (χ2n) is 2.86. The quantitative estimate of drug-likeness (QED) is 0.503. The van der Waals surface area contributed by atoms with Crippen LogP contribution >= 0.6 is 0 Å². The summed E-state index contributed by atoms with van der Waals surface area (Å²) in [6.45, 7) is 4.27. The third-order valence-electron chi connectivity index (χ3n) is 2.01. The molecule has 1 aliphatic carbocycles. The molecular formula is C9H12O. The fourth-order valence-electron chi connectivity index (χ4n) is 1.03. The lowest BCUT2D eigenvalue weighted by Gasteiger charge is -2.16. The summed E-state index contributed by atoms with van der Waals surface area (Å²) < 4.78 is 0. The molecule has 0 saturated carbocycles. The van der Waals surface area contributed by atoms with Crippen molar-refractivity contribution in [1.82, 2.24) is 0 Å². The Hall–Kier alpha value is -0.850. The van der Waals surface area contributed by atoms with Gasteiger partial charge in [0.05, 0.1) is 0 Å². The minimum Gasteiger partial charge on any atom is -0.298 e. The number of hydrogen-bond acceptors (Lipinski definition) is 1. The molecule has 0 aliphatic heterocycles. The van der Waals surface area contributed by atoms with Crippen LogP contribution in [0.4, 0.5) is 0 Å². The van der Waals surface area contributed by atoms with Gasteiger partial charge in [0.1, 0.15) is 6.29 Å². The standard InChI is InChI=1S/C9H12O/c1-7-3-4-9(6-10)5-8(7)2/h3-8H,1-2H3. The maximum absolute atomic E-state index is 10.3. The molecule has 0 N–H and O–H groups in total. The number of carbonyl (C=O) groups is 1. The molecule has 1 heteroatoms. The van der Waals surface area contributed by atoms with Gasteiger partial charge >= 0.3 is 0 Å². The van der Waals surface area contributed by atoms with Gasteiger partial charge in [-0.15, -0.1) is 0 Å². The van der Waals surface area contributed by atoms with Crippen LogP contribution in [0.15, 0.2) is 23.8 Å². The zero-order valence-corrected chi connectivity index (χ0v) is 6.37. The normalized spacial score (nSPS) is 31.6. The van der Waals surface area contributed by atoms with Gasteiger partial charge in [-0.05, 0) is 11.8 Å². The molecule has 1 aliphatic rings. The summed E-state index contributed by atoms with van der Waals surface area (Å²) in [5.41, 5.74) is 0.811. The van der Waals surface area contributed by atoms with Crippen LogP contribution in [0, 0.1) is 11.8 Å². The Kier molecular flexibility index (Phi) is 2.05. The van der Waals surface area contributed by atoms with Crippen molar-refractivity contribution in [1.29, 1.82) is 0 Å². The molecule has 0 amide bonds. The van der Waals surface area contributed by atoms with Crippen molar-refractivity contribution < 1.29 is 4.79 Å². The van der Waals surface area contributed by atoms with Gasteiger partial charge in [-0.3, -0.25) is 4.79 Å². The van der Waals surface area contributed by atoms with Crippen LogP contribution in [0.1, 0.15) is 13.8 Å². The molecule has 2 unspecified atom stereocenters. The van der Waals surface area contributed by atoms with E-state index in [0.29, 0.717) is 11.8 Å². The Bertz CT molecular complexity index is 189. The SMILES string of the molecule is CC1C=CC(C=O)=CC1C.